The Morgan fingerprint density at radius 1 is 1.13 bits per heavy atom. The van der Waals surface area contributed by atoms with E-state index in [4.69, 9.17) is 0 Å². The van der Waals surface area contributed by atoms with Gasteiger partial charge in [0.15, 0.2) is 6.10 Å². The van der Waals surface area contributed by atoms with E-state index in [0.29, 0.717) is 17.2 Å². The number of rotatable bonds is 5. The molecule has 1 heterocycles. The summed E-state index contributed by atoms with van der Waals surface area (Å²) in [5, 5.41) is 20.0. The van der Waals surface area contributed by atoms with E-state index >= 15 is 0 Å². The molecule has 0 spiro atoms. The average molecular weight is 430 g/mol. The van der Waals surface area contributed by atoms with Crippen LogP contribution in [0.15, 0.2) is 47.6 Å². The summed E-state index contributed by atoms with van der Waals surface area (Å²) in [6.45, 7) is 1.35. The number of hydrogen-bond acceptors (Lipinski definition) is 5. The van der Waals surface area contributed by atoms with Gasteiger partial charge in [0.25, 0.3) is 11.8 Å². The fourth-order valence-electron chi connectivity index (χ4n) is 3.07. The minimum absolute atomic E-state index is 0.297. The maximum absolute atomic E-state index is 13.3. The first-order valence-electron chi connectivity index (χ1n) is 9.32. The number of benzene rings is 2. The number of halogens is 2. The first-order valence-corrected chi connectivity index (χ1v) is 9.32. The highest BCUT2D eigenvalue weighted by atomic mass is 19.1. The van der Waals surface area contributed by atoms with Crippen LogP contribution in [0.1, 0.15) is 35.8 Å². The maximum atomic E-state index is 13.3. The highest BCUT2D eigenvalue weighted by molar-refractivity contribution is 5.96. The third-order valence-corrected chi connectivity index (χ3v) is 4.73. The lowest BCUT2D eigenvalue weighted by molar-refractivity contribution is -0.137. The van der Waals surface area contributed by atoms with Crippen LogP contribution < -0.4 is 10.6 Å². The molecule has 31 heavy (non-hydrogen) atoms. The third-order valence-electron chi connectivity index (χ3n) is 4.73. The van der Waals surface area contributed by atoms with Crippen molar-refractivity contribution in [2.45, 2.75) is 25.1 Å². The van der Waals surface area contributed by atoms with Crippen LogP contribution in [0.4, 0.5) is 8.78 Å². The SMILES string of the molecule is C[C@H](NC(=O)[C@@H](O)c1cc(F)cc(F)c1)C(=O)N[C@H]1C(=O)N(C)N=Cc2ccccc21. The van der Waals surface area contributed by atoms with Crippen molar-refractivity contribution >= 4 is 23.9 Å². The fourth-order valence-corrected chi connectivity index (χ4v) is 3.07. The fraction of sp³-hybridized carbons (Fsp3) is 0.238. The number of amides is 3. The van der Waals surface area contributed by atoms with E-state index in [1.54, 1.807) is 24.3 Å². The van der Waals surface area contributed by atoms with Gasteiger partial charge in [0.2, 0.25) is 5.91 Å². The molecule has 0 fully saturated rings. The van der Waals surface area contributed by atoms with Gasteiger partial charge in [0.05, 0.1) is 6.21 Å². The maximum Gasteiger partial charge on any atom is 0.269 e. The van der Waals surface area contributed by atoms with Crippen molar-refractivity contribution in [3.63, 3.8) is 0 Å². The molecule has 2 aromatic carbocycles. The number of nitrogens with one attached hydrogen (secondary N) is 2. The second-order valence-corrected chi connectivity index (χ2v) is 7.01. The predicted octanol–water partition coefficient (Wildman–Crippen LogP) is 1.17. The van der Waals surface area contributed by atoms with Crippen molar-refractivity contribution in [1.82, 2.24) is 15.6 Å². The molecule has 0 aromatic heterocycles. The van der Waals surface area contributed by atoms with Crippen molar-refractivity contribution < 1.29 is 28.3 Å². The van der Waals surface area contributed by atoms with E-state index in [9.17, 15) is 28.3 Å². The molecule has 3 N–H and O–H groups in total. The second kappa shape index (κ2) is 9.00. The van der Waals surface area contributed by atoms with Crippen LogP contribution in [0.3, 0.4) is 0 Å². The van der Waals surface area contributed by atoms with Gasteiger partial charge in [0, 0.05) is 18.7 Å². The van der Waals surface area contributed by atoms with Crippen molar-refractivity contribution in [3.05, 3.63) is 70.8 Å². The van der Waals surface area contributed by atoms with E-state index in [-0.39, 0.29) is 5.56 Å². The Hall–Kier alpha value is -3.66. The Bertz CT molecular complexity index is 1040. The van der Waals surface area contributed by atoms with E-state index in [0.717, 1.165) is 17.1 Å². The molecule has 2 aromatic rings. The van der Waals surface area contributed by atoms with Gasteiger partial charge in [-0.3, -0.25) is 14.4 Å². The smallest absolute Gasteiger partial charge is 0.269 e. The van der Waals surface area contributed by atoms with Crippen LogP contribution in [-0.2, 0) is 14.4 Å². The summed E-state index contributed by atoms with van der Waals surface area (Å²) in [6.07, 6.45) is -0.390. The number of aliphatic hydroxyl groups excluding tert-OH is 1. The third kappa shape index (κ3) is 4.92. The molecule has 0 aliphatic carbocycles. The topological polar surface area (TPSA) is 111 Å². The zero-order chi connectivity index (χ0) is 22.7. The molecule has 0 radical (unpaired) electrons. The van der Waals surface area contributed by atoms with E-state index in [1.165, 1.54) is 20.2 Å². The van der Waals surface area contributed by atoms with E-state index in [1.807, 2.05) is 0 Å². The Labute approximate surface area is 176 Å². The van der Waals surface area contributed by atoms with Crippen LogP contribution in [0.5, 0.6) is 0 Å². The Kier molecular flexibility index (Phi) is 6.40. The molecule has 0 saturated heterocycles. The summed E-state index contributed by atoms with van der Waals surface area (Å²) < 4.78 is 26.7. The summed E-state index contributed by atoms with van der Waals surface area (Å²) >= 11 is 0. The standard InChI is InChI=1S/C21H20F2N4O4/c1-11(25-20(30)18(28)13-7-14(22)9-15(23)8-13)19(29)26-17-16-6-4-3-5-12(16)10-24-27(2)21(17)31/h3-11,17-18,28H,1-2H3,(H,25,30)(H,26,29)/t11-,17+,18-/m0/s1. The van der Waals surface area contributed by atoms with Crippen molar-refractivity contribution in [1.29, 1.82) is 0 Å². The number of carbonyl (C=O) groups excluding carboxylic acids is 3. The molecule has 3 atom stereocenters. The molecule has 10 heteroatoms. The average Bonchev–Trinajstić information content (AvgIpc) is 2.84. The number of aliphatic hydroxyl groups is 1. The number of fused-ring (bicyclic) bond motifs is 1. The predicted molar refractivity (Wildman–Crippen MR) is 107 cm³/mol. The highest BCUT2D eigenvalue weighted by Crippen LogP contribution is 2.22. The molecule has 8 nitrogen and oxygen atoms in total. The largest absolute Gasteiger partial charge is 0.378 e. The molecule has 0 bridgehead atoms. The van der Waals surface area contributed by atoms with Crippen LogP contribution in [0.2, 0.25) is 0 Å². The number of hydrogen-bond donors (Lipinski definition) is 3. The van der Waals surface area contributed by atoms with Gasteiger partial charge >= 0.3 is 0 Å². The lowest BCUT2D eigenvalue weighted by Gasteiger charge is -2.23. The van der Waals surface area contributed by atoms with Crippen molar-refractivity contribution in [2.24, 2.45) is 5.10 Å². The summed E-state index contributed by atoms with van der Waals surface area (Å²) in [4.78, 5) is 37.6. The van der Waals surface area contributed by atoms with Crippen LogP contribution in [0.25, 0.3) is 0 Å². The minimum atomic E-state index is -1.89. The summed E-state index contributed by atoms with van der Waals surface area (Å²) in [5.41, 5.74) is 0.878. The zero-order valence-corrected chi connectivity index (χ0v) is 16.7. The number of nitrogens with zero attached hydrogens (tertiary/aromatic N) is 2. The van der Waals surface area contributed by atoms with Gasteiger partial charge in [-0.15, -0.1) is 0 Å². The van der Waals surface area contributed by atoms with Crippen molar-refractivity contribution in [2.75, 3.05) is 7.05 Å². The molecule has 3 amide bonds. The van der Waals surface area contributed by atoms with Crippen molar-refractivity contribution in [3.8, 4) is 0 Å². The second-order valence-electron chi connectivity index (χ2n) is 7.01. The molecule has 1 aliphatic rings. The lowest BCUT2D eigenvalue weighted by Crippen LogP contribution is -2.49. The quantitative estimate of drug-likeness (QED) is 0.661. The van der Waals surface area contributed by atoms with Crippen LogP contribution in [0, 0.1) is 11.6 Å². The first-order chi connectivity index (χ1) is 14.7. The van der Waals surface area contributed by atoms with Gasteiger partial charge in [-0.1, -0.05) is 24.3 Å². The Morgan fingerprint density at radius 3 is 2.45 bits per heavy atom. The van der Waals surface area contributed by atoms with Gasteiger partial charge < -0.3 is 15.7 Å². The molecule has 1 aliphatic heterocycles. The van der Waals surface area contributed by atoms with Crippen LogP contribution >= 0.6 is 0 Å². The molecular formula is C21H20F2N4O4. The zero-order valence-electron chi connectivity index (χ0n) is 16.7. The summed E-state index contributed by atoms with van der Waals surface area (Å²) in [7, 11) is 1.45. The van der Waals surface area contributed by atoms with Gasteiger partial charge in [0.1, 0.15) is 23.7 Å². The van der Waals surface area contributed by atoms with Crippen LogP contribution in [-0.4, -0.2) is 47.1 Å². The van der Waals surface area contributed by atoms with Gasteiger partial charge in [-0.2, -0.15) is 5.10 Å². The van der Waals surface area contributed by atoms with E-state index < -0.39 is 47.5 Å². The normalized spacial score (nSPS) is 17.4. The summed E-state index contributed by atoms with van der Waals surface area (Å²) in [5.74, 6) is -4.12. The van der Waals surface area contributed by atoms with Gasteiger partial charge in [-0.25, -0.2) is 13.8 Å². The molecule has 0 saturated carbocycles. The Balaban J connectivity index is 1.71. The summed E-state index contributed by atoms with van der Waals surface area (Å²) in [6, 6.07) is 6.92. The number of likely N-dealkylation sites (N-methyl/N-ethyl adjacent to an activating group) is 1. The molecule has 162 valence electrons. The minimum Gasteiger partial charge on any atom is -0.378 e. The lowest BCUT2D eigenvalue weighted by atomic mass is 10.00. The highest BCUT2D eigenvalue weighted by Gasteiger charge is 2.31. The molecule has 0 unspecified atom stereocenters. The molecular weight excluding hydrogens is 410 g/mol. The monoisotopic (exact) mass is 430 g/mol. The first kappa shape index (κ1) is 22.0. The number of hydrazone groups is 1. The van der Waals surface area contributed by atoms with Gasteiger partial charge in [-0.05, 0) is 30.2 Å². The Morgan fingerprint density at radius 2 is 1.77 bits per heavy atom. The van der Waals surface area contributed by atoms with E-state index in [2.05, 4.69) is 15.7 Å². The number of carbonyl (C=O) groups is 3. The molecule has 3 rings (SSSR count).